The minimum Gasteiger partial charge on any atom is -0.377 e. The summed E-state index contributed by atoms with van der Waals surface area (Å²) < 4.78 is 34.3. The third-order valence-corrected chi connectivity index (χ3v) is 6.63. The van der Waals surface area contributed by atoms with E-state index in [0.29, 0.717) is 12.1 Å². The van der Waals surface area contributed by atoms with Gasteiger partial charge in [0.25, 0.3) is 5.91 Å². The Balaban J connectivity index is 1.41. The number of ether oxygens (including phenoxy) is 1. The van der Waals surface area contributed by atoms with Crippen molar-refractivity contribution >= 4 is 22.6 Å². The molecule has 0 aliphatic carbocycles. The van der Waals surface area contributed by atoms with Gasteiger partial charge in [-0.25, -0.2) is 18.9 Å². The topological polar surface area (TPSA) is 110 Å². The van der Waals surface area contributed by atoms with Gasteiger partial charge in [-0.2, -0.15) is 0 Å². The average molecular weight is 522 g/mol. The monoisotopic (exact) mass is 521 g/mol. The number of nitrogens with one attached hydrogen (secondary N) is 1. The van der Waals surface area contributed by atoms with E-state index in [4.69, 9.17) is 9.94 Å². The number of carbonyl (C=O) groups is 2. The summed E-state index contributed by atoms with van der Waals surface area (Å²) >= 11 is 0. The van der Waals surface area contributed by atoms with Crippen LogP contribution in [0.3, 0.4) is 0 Å². The molecular weight excluding hydrogens is 496 g/mol. The highest BCUT2D eigenvalue weighted by atomic mass is 19.2. The second kappa shape index (κ2) is 11.0. The lowest BCUT2D eigenvalue weighted by atomic mass is 10.00. The first-order valence-corrected chi connectivity index (χ1v) is 12.1. The van der Waals surface area contributed by atoms with Crippen molar-refractivity contribution in [2.45, 2.75) is 24.9 Å². The number of nitrogens with zero attached hydrogens (tertiary/aromatic N) is 4. The van der Waals surface area contributed by atoms with Gasteiger partial charge >= 0.3 is 0 Å². The molecule has 3 aromatic carbocycles. The van der Waals surface area contributed by atoms with Crippen LogP contribution in [0, 0.1) is 11.6 Å². The number of morpholine rings is 1. The summed E-state index contributed by atoms with van der Waals surface area (Å²) in [5, 5.41) is 19.8. The summed E-state index contributed by atoms with van der Waals surface area (Å²) in [7, 11) is 0. The van der Waals surface area contributed by atoms with E-state index in [0.717, 1.165) is 28.5 Å². The number of carbonyl (C=O) groups excluding carboxylic acids is 2. The van der Waals surface area contributed by atoms with Crippen LogP contribution in [-0.4, -0.2) is 56.7 Å². The van der Waals surface area contributed by atoms with E-state index in [-0.39, 0.29) is 31.7 Å². The molecule has 1 aliphatic rings. The Morgan fingerprint density at radius 3 is 2.68 bits per heavy atom. The van der Waals surface area contributed by atoms with Crippen molar-refractivity contribution in [1.29, 1.82) is 0 Å². The Bertz CT molecular complexity index is 1480. The molecule has 2 heterocycles. The van der Waals surface area contributed by atoms with Crippen molar-refractivity contribution in [2.75, 3.05) is 19.8 Å². The summed E-state index contributed by atoms with van der Waals surface area (Å²) in [6, 6.07) is 15.9. The third kappa shape index (κ3) is 5.38. The molecule has 0 unspecified atom stereocenters. The number of rotatable bonds is 7. The normalized spacial score (nSPS) is 16.4. The molecule has 0 saturated carbocycles. The van der Waals surface area contributed by atoms with Crippen LogP contribution >= 0.6 is 0 Å². The molecule has 0 bridgehead atoms. The number of halogens is 2. The highest BCUT2D eigenvalue weighted by molar-refractivity contribution is 5.94. The van der Waals surface area contributed by atoms with Gasteiger partial charge in [0.15, 0.2) is 11.6 Å². The maximum Gasteiger partial charge on any atom is 0.254 e. The highest BCUT2D eigenvalue weighted by Gasteiger charge is 2.32. The molecule has 1 saturated heterocycles. The summed E-state index contributed by atoms with van der Waals surface area (Å²) in [5.74, 6) is -3.21. The molecule has 1 aromatic heterocycles. The van der Waals surface area contributed by atoms with E-state index >= 15 is 0 Å². The lowest BCUT2D eigenvalue weighted by Gasteiger charge is -2.34. The molecule has 1 fully saturated rings. The third-order valence-electron chi connectivity index (χ3n) is 6.63. The maximum atomic E-state index is 13.8. The van der Waals surface area contributed by atoms with Gasteiger partial charge in [-0.3, -0.25) is 14.8 Å². The van der Waals surface area contributed by atoms with E-state index in [9.17, 15) is 18.4 Å². The number of hydrogen-bond acceptors (Lipinski definition) is 6. The van der Waals surface area contributed by atoms with Crippen LogP contribution in [0.4, 0.5) is 8.78 Å². The fourth-order valence-electron chi connectivity index (χ4n) is 4.67. The average Bonchev–Trinajstić information content (AvgIpc) is 3.44. The van der Waals surface area contributed by atoms with Crippen molar-refractivity contribution in [3.8, 4) is 0 Å². The number of hydroxylamine groups is 1. The molecule has 0 radical (unpaired) electrons. The van der Waals surface area contributed by atoms with E-state index in [1.165, 1.54) is 15.6 Å². The van der Waals surface area contributed by atoms with Crippen LogP contribution in [0.1, 0.15) is 40.1 Å². The zero-order chi connectivity index (χ0) is 26.6. The Kier molecular flexibility index (Phi) is 7.38. The fourth-order valence-corrected chi connectivity index (χ4v) is 4.67. The first-order valence-electron chi connectivity index (χ1n) is 12.1. The van der Waals surface area contributed by atoms with Crippen molar-refractivity contribution < 1.29 is 28.3 Å². The SMILES string of the molecule is O=C(C[C@@H](Cc1ccc2ccccc2c1)n1cc([C@@H]2COCCN2C(=O)c2ccc(F)c(F)c2)nn1)NO. The van der Waals surface area contributed by atoms with Crippen molar-refractivity contribution in [3.05, 3.63) is 95.3 Å². The van der Waals surface area contributed by atoms with Crippen LogP contribution < -0.4 is 5.48 Å². The van der Waals surface area contributed by atoms with Gasteiger partial charge in [-0.05, 0) is 41.0 Å². The number of aromatic nitrogens is 3. The second-order valence-corrected chi connectivity index (χ2v) is 9.12. The summed E-state index contributed by atoms with van der Waals surface area (Å²) in [4.78, 5) is 26.8. The van der Waals surface area contributed by atoms with Gasteiger partial charge in [-0.15, -0.1) is 5.10 Å². The van der Waals surface area contributed by atoms with Crippen LogP contribution in [0.5, 0.6) is 0 Å². The molecule has 9 nitrogen and oxygen atoms in total. The van der Waals surface area contributed by atoms with Crippen LogP contribution in [0.2, 0.25) is 0 Å². The standard InChI is InChI=1S/C27H25F2N5O4/c28-22-8-7-20(13-23(22)29)27(36)33-9-10-38-16-25(33)24-15-34(32-30-24)21(14-26(35)31-37)12-17-5-6-18-3-1-2-4-19(18)11-17/h1-8,11,13,15,21,25,37H,9-10,12,14,16H2,(H,31,35)/t21-,25+/m1/s1. The van der Waals surface area contributed by atoms with E-state index in [1.807, 2.05) is 42.5 Å². The second-order valence-electron chi connectivity index (χ2n) is 9.12. The van der Waals surface area contributed by atoms with Gasteiger partial charge in [0.2, 0.25) is 5.91 Å². The Labute approximate surface area is 216 Å². The molecule has 11 heteroatoms. The number of amides is 2. The largest absolute Gasteiger partial charge is 0.377 e. The van der Waals surface area contributed by atoms with Gasteiger partial charge in [-0.1, -0.05) is 47.7 Å². The Hall–Kier alpha value is -4.22. The summed E-state index contributed by atoms with van der Waals surface area (Å²) in [6.45, 7) is 0.644. The van der Waals surface area contributed by atoms with Crippen molar-refractivity contribution in [3.63, 3.8) is 0 Å². The Morgan fingerprint density at radius 2 is 1.89 bits per heavy atom. The lowest BCUT2D eigenvalue weighted by molar-refractivity contribution is -0.130. The quantitative estimate of drug-likeness (QED) is 0.284. The molecule has 2 atom stereocenters. The number of hydrogen-bond donors (Lipinski definition) is 2. The molecule has 0 spiro atoms. The minimum atomic E-state index is -1.11. The first-order chi connectivity index (χ1) is 18.4. The van der Waals surface area contributed by atoms with Gasteiger partial charge < -0.3 is 9.64 Å². The molecule has 2 amide bonds. The van der Waals surface area contributed by atoms with Crippen LogP contribution in [0.15, 0.2) is 66.9 Å². The molecule has 38 heavy (non-hydrogen) atoms. The fraction of sp³-hybridized carbons (Fsp3) is 0.259. The zero-order valence-corrected chi connectivity index (χ0v) is 20.3. The van der Waals surface area contributed by atoms with Crippen LogP contribution in [0.25, 0.3) is 10.8 Å². The predicted molar refractivity (Wildman–Crippen MR) is 132 cm³/mol. The maximum absolute atomic E-state index is 13.8. The molecule has 196 valence electrons. The summed E-state index contributed by atoms with van der Waals surface area (Å²) in [5.41, 5.74) is 3.07. The van der Waals surface area contributed by atoms with Crippen LogP contribution in [-0.2, 0) is 16.0 Å². The number of benzene rings is 3. The molecular formula is C27H25F2N5O4. The smallest absolute Gasteiger partial charge is 0.254 e. The van der Waals surface area contributed by atoms with Crippen molar-refractivity contribution in [2.24, 2.45) is 0 Å². The van der Waals surface area contributed by atoms with Gasteiger partial charge in [0.1, 0.15) is 11.7 Å². The van der Waals surface area contributed by atoms with E-state index in [2.05, 4.69) is 10.3 Å². The van der Waals surface area contributed by atoms with E-state index < -0.39 is 35.5 Å². The van der Waals surface area contributed by atoms with E-state index in [1.54, 1.807) is 11.7 Å². The molecule has 5 rings (SSSR count). The lowest BCUT2D eigenvalue weighted by Crippen LogP contribution is -2.43. The van der Waals surface area contributed by atoms with Crippen molar-refractivity contribution in [1.82, 2.24) is 25.4 Å². The van der Waals surface area contributed by atoms with Gasteiger partial charge in [0.05, 0.1) is 31.9 Å². The summed E-state index contributed by atoms with van der Waals surface area (Å²) in [6.07, 6.45) is 2.01. The number of fused-ring (bicyclic) bond motifs is 1. The molecule has 1 aliphatic heterocycles. The van der Waals surface area contributed by atoms with Gasteiger partial charge in [0, 0.05) is 12.1 Å². The highest BCUT2D eigenvalue weighted by Crippen LogP contribution is 2.27. The minimum absolute atomic E-state index is 0.0111. The first kappa shape index (κ1) is 25.4. The molecule has 4 aromatic rings. The molecule has 2 N–H and O–H groups in total. The predicted octanol–water partition coefficient (Wildman–Crippen LogP) is 3.60. The Morgan fingerprint density at radius 1 is 1.08 bits per heavy atom. The zero-order valence-electron chi connectivity index (χ0n) is 20.3.